The Bertz CT molecular complexity index is 718. The Balaban J connectivity index is 1.35. The van der Waals surface area contributed by atoms with Gasteiger partial charge in [-0.25, -0.2) is 4.98 Å². The Labute approximate surface area is 139 Å². The Morgan fingerprint density at radius 3 is 2.65 bits per heavy atom. The van der Waals surface area contributed by atoms with Crippen molar-refractivity contribution in [2.75, 3.05) is 25.0 Å². The van der Waals surface area contributed by atoms with Gasteiger partial charge in [-0.1, -0.05) is 0 Å². The van der Waals surface area contributed by atoms with Crippen LogP contribution in [0.4, 0.5) is 5.82 Å². The van der Waals surface area contributed by atoms with Crippen LogP contribution in [0.5, 0.6) is 0 Å². The van der Waals surface area contributed by atoms with Crippen LogP contribution in [0.3, 0.4) is 0 Å². The highest BCUT2D eigenvalue weighted by molar-refractivity contribution is 7.09. The van der Waals surface area contributed by atoms with Crippen molar-refractivity contribution in [2.24, 2.45) is 0 Å². The first-order chi connectivity index (χ1) is 11.1. The highest BCUT2D eigenvalue weighted by atomic mass is 32.1. The average Bonchev–Trinajstić information content (AvgIpc) is 3.27. The summed E-state index contributed by atoms with van der Waals surface area (Å²) >= 11 is 1.51. The highest BCUT2D eigenvalue weighted by Gasteiger charge is 2.34. The molecule has 1 amide bonds. The van der Waals surface area contributed by atoms with E-state index >= 15 is 0 Å². The SMILES string of the molecule is Cc1nc(C(=O)N(C)C2CN(c3ccc(C4CC4)nn3)C2)cs1. The van der Waals surface area contributed by atoms with E-state index in [2.05, 4.69) is 26.1 Å². The van der Waals surface area contributed by atoms with E-state index in [1.54, 1.807) is 4.90 Å². The van der Waals surface area contributed by atoms with Gasteiger partial charge in [0, 0.05) is 31.4 Å². The number of aromatic nitrogens is 3. The van der Waals surface area contributed by atoms with Crippen LogP contribution in [-0.4, -0.2) is 52.2 Å². The van der Waals surface area contributed by atoms with Crippen molar-refractivity contribution in [1.29, 1.82) is 0 Å². The summed E-state index contributed by atoms with van der Waals surface area (Å²) in [6, 6.07) is 4.33. The maximum absolute atomic E-state index is 12.4. The van der Waals surface area contributed by atoms with Gasteiger partial charge < -0.3 is 9.80 Å². The molecule has 0 N–H and O–H groups in total. The van der Waals surface area contributed by atoms with Crippen molar-refractivity contribution >= 4 is 23.1 Å². The molecule has 2 aromatic rings. The zero-order valence-electron chi connectivity index (χ0n) is 13.3. The number of rotatable bonds is 4. The fourth-order valence-corrected chi connectivity index (χ4v) is 3.38. The topological polar surface area (TPSA) is 62.2 Å². The fraction of sp³-hybridized carbons (Fsp3) is 0.500. The first-order valence-electron chi connectivity index (χ1n) is 7.89. The van der Waals surface area contributed by atoms with Gasteiger partial charge in [-0.15, -0.1) is 16.4 Å². The first-order valence-corrected chi connectivity index (χ1v) is 8.77. The lowest BCUT2D eigenvalue weighted by molar-refractivity contribution is 0.0699. The second kappa shape index (κ2) is 5.56. The summed E-state index contributed by atoms with van der Waals surface area (Å²) in [4.78, 5) is 20.6. The summed E-state index contributed by atoms with van der Waals surface area (Å²) in [6.07, 6.45) is 2.48. The number of anilines is 1. The molecule has 0 spiro atoms. The lowest BCUT2D eigenvalue weighted by atomic mass is 10.1. The number of carbonyl (C=O) groups is 1. The maximum atomic E-state index is 12.4. The second-order valence-electron chi connectivity index (χ2n) is 6.32. The van der Waals surface area contributed by atoms with Gasteiger partial charge in [-0.05, 0) is 31.9 Å². The van der Waals surface area contributed by atoms with Crippen LogP contribution >= 0.6 is 11.3 Å². The molecule has 4 rings (SSSR count). The molecule has 1 aliphatic carbocycles. The van der Waals surface area contributed by atoms with E-state index < -0.39 is 0 Å². The third kappa shape index (κ3) is 2.81. The van der Waals surface area contributed by atoms with Gasteiger partial charge in [0.05, 0.1) is 16.7 Å². The molecule has 0 atom stereocenters. The molecule has 7 heteroatoms. The minimum absolute atomic E-state index is 0.00540. The summed E-state index contributed by atoms with van der Waals surface area (Å²) in [5.74, 6) is 1.52. The first kappa shape index (κ1) is 14.6. The average molecular weight is 329 g/mol. The zero-order valence-corrected chi connectivity index (χ0v) is 14.1. The molecule has 6 nitrogen and oxygen atoms in total. The van der Waals surface area contributed by atoms with Crippen molar-refractivity contribution in [3.8, 4) is 0 Å². The predicted octanol–water partition coefficient (Wildman–Crippen LogP) is 2.08. The Morgan fingerprint density at radius 1 is 1.30 bits per heavy atom. The standard InChI is InChI=1S/C16H19N5OS/c1-10-17-14(9-23-10)16(22)20(2)12-7-21(8-12)15-6-5-13(18-19-15)11-3-4-11/h5-6,9,11-12H,3-4,7-8H2,1-2H3. The summed E-state index contributed by atoms with van der Waals surface area (Å²) in [6.45, 7) is 3.50. The summed E-state index contributed by atoms with van der Waals surface area (Å²) < 4.78 is 0. The molecule has 23 heavy (non-hydrogen) atoms. The molecular weight excluding hydrogens is 310 g/mol. The van der Waals surface area contributed by atoms with Gasteiger partial charge in [0.1, 0.15) is 5.69 Å². The number of hydrogen-bond acceptors (Lipinski definition) is 6. The lowest BCUT2D eigenvalue weighted by Crippen LogP contribution is -2.60. The molecule has 0 unspecified atom stereocenters. The van der Waals surface area contributed by atoms with Crippen molar-refractivity contribution in [2.45, 2.75) is 31.7 Å². The maximum Gasteiger partial charge on any atom is 0.273 e. The van der Waals surface area contributed by atoms with Crippen LogP contribution in [0.15, 0.2) is 17.5 Å². The molecule has 2 aromatic heterocycles. The summed E-state index contributed by atoms with van der Waals surface area (Å²) in [5, 5.41) is 11.4. The number of nitrogens with zero attached hydrogens (tertiary/aromatic N) is 5. The molecule has 0 radical (unpaired) electrons. The van der Waals surface area contributed by atoms with Crippen LogP contribution in [0.2, 0.25) is 0 Å². The lowest BCUT2D eigenvalue weighted by Gasteiger charge is -2.44. The van der Waals surface area contributed by atoms with Crippen LogP contribution in [0, 0.1) is 6.92 Å². The van der Waals surface area contributed by atoms with E-state index in [1.807, 2.05) is 25.4 Å². The highest BCUT2D eigenvalue weighted by Crippen LogP contribution is 2.38. The van der Waals surface area contributed by atoms with Crippen LogP contribution < -0.4 is 4.90 Å². The number of aryl methyl sites for hydroxylation is 1. The van der Waals surface area contributed by atoms with Crippen molar-refractivity contribution < 1.29 is 4.79 Å². The zero-order chi connectivity index (χ0) is 16.0. The van der Waals surface area contributed by atoms with Crippen molar-refractivity contribution in [3.63, 3.8) is 0 Å². The van der Waals surface area contributed by atoms with Gasteiger partial charge in [0.15, 0.2) is 5.82 Å². The molecule has 3 heterocycles. The number of amides is 1. The molecule has 1 saturated carbocycles. The molecular formula is C16H19N5OS. The molecule has 1 saturated heterocycles. The van der Waals surface area contributed by atoms with Gasteiger partial charge in [0.2, 0.25) is 0 Å². The third-order valence-corrected chi connectivity index (χ3v) is 5.33. The van der Waals surface area contributed by atoms with Gasteiger partial charge in [-0.3, -0.25) is 4.79 Å². The number of hydrogen-bond donors (Lipinski definition) is 0. The van der Waals surface area contributed by atoms with Gasteiger partial charge in [-0.2, -0.15) is 5.10 Å². The predicted molar refractivity (Wildman–Crippen MR) is 89.0 cm³/mol. The van der Waals surface area contributed by atoms with E-state index in [0.29, 0.717) is 11.6 Å². The smallest absolute Gasteiger partial charge is 0.273 e. The van der Waals surface area contributed by atoms with E-state index in [1.165, 1.54) is 24.2 Å². The van der Waals surface area contributed by atoms with Crippen LogP contribution in [0.1, 0.15) is 39.9 Å². The number of thiazole rings is 1. The number of carbonyl (C=O) groups excluding carboxylic acids is 1. The van der Waals surface area contributed by atoms with Gasteiger partial charge in [0.25, 0.3) is 5.91 Å². The molecule has 0 aromatic carbocycles. The fourth-order valence-electron chi connectivity index (χ4n) is 2.80. The minimum atomic E-state index is -0.00540. The van der Waals surface area contributed by atoms with Gasteiger partial charge >= 0.3 is 0 Å². The Morgan fingerprint density at radius 2 is 2.09 bits per heavy atom. The van der Waals surface area contributed by atoms with E-state index in [-0.39, 0.29) is 11.9 Å². The van der Waals surface area contributed by atoms with E-state index in [4.69, 9.17) is 0 Å². The van der Waals surface area contributed by atoms with E-state index in [0.717, 1.165) is 29.6 Å². The quantitative estimate of drug-likeness (QED) is 0.859. The monoisotopic (exact) mass is 329 g/mol. The molecule has 2 fully saturated rings. The summed E-state index contributed by atoms with van der Waals surface area (Å²) in [7, 11) is 1.85. The molecule has 1 aliphatic heterocycles. The van der Waals surface area contributed by atoms with Crippen LogP contribution in [0.25, 0.3) is 0 Å². The Kier molecular flexibility index (Phi) is 3.52. The second-order valence-corrected chi connectivity index (χ2v) is 7.38. The molecule has 0 bridgehead atoms. The van der Waals surface area contributed by atoms with E-state index in [9.17, 15) is 4.79 Å². The number of likely N-dealkylation sites (N-methyl/N-ethyl adjacent to an activating group) is 1. The van der Waals surface area contributed by atoms with Crippen LogP contribution in [-0.2, 0) is 0 Å². The minimum Gasteiger partial charge on any atom is -0.351 e. The third-order valence-electron chi connectivity index (χ3n) is 4.56. The molecule has 2 aliphatic rings. The summed E-state index contributed by atoms with van der Waals surface area (Å²) in [5.41, 5.74) is 1.65. The molecule has 120 valence electrons. The Hall–Kier alpha value is -2.02. The van der Waals surface area contributed by atoms with Crippen molar-refractivity contribution in [3.05, 3.63) is 33.9 Å². The largest absolute Gasteiger partial charge is 0.351 e. The normalized spacial score (nSPS) is 17.9. The van der Waals surface area contributed by atoms with Crippen molar-refractivity contribution in [1.82, 2.24) is 20.1 Å².